The van der Waals surface area contributed by atoms with Gasteiger partial charge in [-0.05, 0) is 25.5 Å². The van der Waals surface area contributed by atoms with Crippen molar-refractivity contribution >= 4 is 0 Å². The van der Waals surface area contributed by atoms with Gasteiger partial charge in [-0.15, -0.1) is 0 Å². The second-order valence-electron chi connectivity index (χ2n) is 3.20. The van der Waals surface area contributed by atoms with E-state index in [9.17, 15) is 0 Å². The quantitative estimate of drug-likeness (QED) is 0.699. The van der Waals surface area contributed by atoms with Crippen LogP contribution >= 0.6 is 0 Å². The maximum absolute atomic E-state index is 4.19. The highest BCUT2D eigenvalue weighted by molar-refractivity contribution is 5.01. The van der Waals surface area contributed by atoms with Crippen LogP contribution in [0, 0.1) is 0 Å². The van der Waals surface area contributed by atoms with E-state index < -0.39 is 0 Å². The molecule has 12 heavy (non-hydrogen) atoms. The Hall–Kier alpha value is -0.960. The van der Waals surface area contributed by atoms with Crippen molar-refractivity contribution in [2.24, 2.45) is 0 Å². The largest absolute Gasteiger partial charge is 0.314 e. The fourth-order valence-electron chi connectivity index (χ4n) is 1.62. The molecule has 1 unspecified atom stereocenters. The van der Waals surface area contributed by atoms with Gasteiger partial charge < -0.3 is 5.32 Å². The van der Waals surface area contributed by atoms with Crippen molar-refractivity contribution in [2.45, 2.75) is 25.3 Å². The zero-order valence-corrected chi connectivity index (χ0v) is 7.03. The zero-order chi connectivity index (χ0) is 8.23. The first-order chi connectivity index (χ1) is 5.95. The third kappa shape index (κ3) is 1.80. The van der Waals surface area contributed by atoms with E-state index in [0.29, 0.717) is 6.04 Å². The van der Waals surface area contributed by atoms with Crippen molar-refractivity contribution in [2.75, 3.05) is 6.54 Å². The number of nitrogens with zero attached hydrogens (tertiary/aromatic N) is 2. The highest BCUT2D eigenvalue weighted by Gasteiger charge is 2.14. The van der Waals surface area contributed by atoms with Crippen LogP contribution in [0.2, 0.25) is 0 Å². The fraction of sp³-hybridized carbons (Fsp3) is 0.556. The lowest BCUT2D eigenvalue weighted by molar-refractivity contribution is 0.594. The molecule has 1 aliphatic heterocycles. The molecule has 1 aliphatic rings. The van der Waals surface area contributed by atoms with Crippen LogP contribution in [-0.4, -0.2) is 22.6 Å². The molecule has 0 radical (unpaired) electrons. The Morgan fingerprint density at radius 1 is 1.58 bits per heavy atom. The van der Waals surface area contributed by atoms with Crippen molar-refractivity contribution in [3.05, 3.63) is 24.3 Å². The van der Waals surface area contributed by atoms with Gasteiger partial charge in [0.2, 0.25) is 0 Å². The third-order valence-electron chi connectivity index (χ3n) is 2.26. The van der Waals surface area contributed by atoms with Gasteiger partial charge in [0, 0.05) is 24.4 Å². The number of hydrogen-bond acceptors (Lipinski definition) is 3. The molecule has 0 saturated carbocycles. The summed E-state index contributed by atoms with van der Waals surface area (Å²) in [5.41, 5.74) is 1.14. The molecule has 1 aromatic heterocycles. The standard InChI is InChI=1S/C9H13N3/c1-2-8(11-4-1)6-9-3-5-10-7-12-9/h3,5,7-8,11H,1-2,4,6H2. The van der Waals surface area contributed by atoms with E-state index in [0.717, 1.165) is 18.7 Å². The van der Waals surface area contributed by atoms with E-state index in [1.807, 2.05) is 6.07 Å². The highest BCUT2D eigenvalue weighted by atomic mass is 14.9. The topological polar surface area (TPSA) is 37.8 Å². The summed E-state index contributed by atoms with van der Waals surface area (Å²) in [5, 5.41) is 3.44. The molecule has 0 spiro atoms. The third-order valence-corrected chi connectivity index (χ3v) is 2.26. The maximum atomic E-state index is 4.19. The molecule has 0 aliphatic carbocycles. The summed E-state index contributed by atoms with van der Waals surface area (Å²) < 4.78 is 0. The Morgan fingerprint density at radius 2 is 2.58 bits per heavy atom. The summed E-state index contributed by atoms with van der Waals surface area (Å²) in [4.78, 5) is 8.08. The van der Waals surface area contributed by atoms with Gasteiger partial charge in [0.05, 0.1) is 0 Å². The molecule has 1 saturated heterocycles. The van der Waals surface area contributed by atoms with Gasteiger partial charge in [0.25, 0.3) is 0 Å². The van der Waals surface area contributed by atoms with Crippen LogP contribution < -0.4 is 5.32 Å². The Labute approximate surface area is 72.2 Å². The Morgan fingerprint density at radius 3 is 3.25 bits per heavy atom. The molecule has 1 fully saturated rings. The first-order valence-corrected chi connectivity index (χ1v) is 4.43. The molecular formula is C9H13N3. The van der Waals surface area contributed by atoms with E-state index in [1.54, 1.807) is 12.5 Å². The minimum Gasteiger partial charge on any atom is -0.314 e. The molecule has 64 valence electrons. The number of rotatable bonds is 2. The Kier molecular flexibility index (Phi) is 2.32. The first kappa shape index (κ1) is 7.68. The Bertz CT molecular complexity index is 229. The highest BCUT2D eigenvalue weighted by Crippen LogP contribution is 2.09. The SMILES string of the molecule is c1cc(CC2CCCN2)ncn1. The summed E-state index contributed by atoms with van der Waals surface area (Å²) in [7, 11) is 0. The van der Waals surface area contributed by atoms with E-state index in [1.165, 1.54) is 12.8 Å². The van der Waals surface area contributed by atoms with Crippen molar-refractivity contribution in [1.29, 1.82) is 0 Å². The summed E-state index contributed by atoms with van der Waals surface area (Å²) in [6.07, 6.45) is 7.05. The summed E-state index contributed by atoms with van der Waals surface area (Å²) in [6.45, 7) is 1.16. The normalized spacial score (nSPS) is 22.8. The molecule has 0 aromatic carbocycles. The lowest BCUT2D eigenvalue weighted by Gasteiger charge is -2.07. The molecule has 3 nitrogen and oxygen atoms in total. The summed E-state index contributed by atoms with van der Waals surface area (Å²) in [6, 6.07) is 2.62. The van der Waals surface area contributed by atoms with Gasteiger partial charge in [-0.2, -0.15) is 0 Å². The van der Waals surface area contributed by atoms with Crippen LogP contribution in [0.4, 0.5) is 0 Å². The molecule has 3 heteroatoms. The van der Waals surface area contributed by atoms with Gasteiger partial charge >= 0.3 is 0 Å². The van der Waals surface area contributed by atoms with Gasteiger partial charge in [0.15, 0.2) is 0 Å². The van der Waals surface area contributed by atoms with Crippen LogP contribution in [0.1, 0.15) is 18.5 Å². The van der Waals surface area contributed by atoms with E-state index in [4.69, 9.17) is 0 Å². The smallest absolute Gasteiger partial charge is 0.115 e. The number of nitrogens with one attached hydrogen (secondary N) is 1. The van der Waals surface area contributed by atoms with E-state index in [-0.39, 0.29) is 0 Å². The van der Waals surface area contributed by atoms with Gasteiger partial charge in [-0.1, -0.05) is 0 Å². The molecule has 2 rings (SSSR count). The van der Waals surface area contributed by atoms with E-state index in [2.05, 4.69) is 15.3 Å². The Balaban J connectivity index is 1.94. The summed E-state index contributed by atoms with van der Waals surface area (Å²) in [5.74, 6) is 0. The minimum atomic E-state index is 0.639. The van der Waals surface area contributed by atoms with Crippen LogP contribution in [0.5, 0.6) is 0 Å². The molecule has 1 aromatic rings. The predicted molar refractivity (Wildman–Crippen MR) is 46.8 cm³/mol. The number of hydrogen-bond donors (Lipinski definition) is 1. The monoisotopic (exact) mass is 163 g/mol. The maximum Gasteiger partial charge on any atom is 0.115 e. The molecule has 0 bridgehead atoms. The molecule has 0 amide bonds. The average Bonchev–Trinajstić information content (AvgIpc) is 2.59. The number of aromatic nitrogens is 2. The lowest BCUT2D eigenvalue weighted by Crippen LogP contribution is -2.23. The van der Waals surface area contributed by atoms with Gasteiger partial charge in [-0.3, -0.25) is 0 Å². The molecule has 1 N–H and O–H groups in total. The van der Waals surface area contributed by atoms with Crippen molar-refractivity contribution in [3.8, 4) is 0 Å². The van der Waals surface area contributed by atoms with Crippen LogP contribution in [0.25, 0.3) is 0 Å². The van der Waals surface area contributed by atoms with E-state index >= 15 is 0 Å². The van der Waals surface area contributed by atoms with Crippen molar-refractivity contribution < 1.29 is 0 Å². The van der Waals surface area contributed by atoms with Gasteiger partial charge in [0.1, 0.15) is 6.33 Å². The second-order valence-corrected chi connectivity index (χ2v) is 3.20. The van der Waals surface area contributed by atoms with Gasteiger partial charge in [-0.25, -0.2) is 9.97 Å². The molecule has 2 heterocycles. The van der Waals surface area contributed by atoms with Crippen LogP contribution in [-0.2, 0) is 6.42 Å². The lowest BCUT2D eigenvalue weighted by atomic mass is 10.1. The fourth-order valence-corrected chi connectivity index (χ4v) is 1.62. The first-order valence-electron chi connectivity index (χ1n) is 4.43. The van der Waals surface area contributed by atoms with Crippen molar-refractivity contribution in [1.82, 2.24) is 15.3 Å². The average molecular weight is 163 g/mol. The van der Waals surface area contributed by atoms with Crippen LogP contribution in [0.3, 0.4) is 0 Å². The second kappa shape index (κ2) is 3.63. The molecule has 1 atom stereocenters. The minimum absolute atomic E-state index is 0.639. The van der Waals surface area contributed by atoms with Crippen LogP contribution in [0.15, 0.2) is 18.6 Å². The zero-order valence-electron chi connectivity index (χ0n) is 7.03. The predicted octanol–water partition coefficient (Wildman–Crippen LogP) is 0.771. The van der Waals surface area contributed by atoms with Crippen molar-refractivity contribution in [3.63, 3.8) is 0 Å². The molecular weight excluding hydrogens is 150 g/mol. The summed E-state index contributed by atoms with van der Waals surface area (Å²) >= 11 is 0.